The number of aryl methyl sites for hydroxylation is 1. The number of nitrogens with two attached hydrogens (primary N) is 1. The molecule has 0 aliphatic heterocycles. The molecular formula is C21H22N6O3. The van der Waals surface area contributed by atoms with Gasteiger partial charge in [0.2, 0.25) is 0 Å². The molecule has 9 heteroatoms. The summed E-state index contributed by atoms with van der Waals surface area (Å²) in [4.78, 5) is 32.3. The lowest BCUT2D eigenvalue weighted by molar-refractivity contribution is 0.0526. The van der Waals surface area contributed by atoms with Crippen LogP contribution in [0.25, 0.3) is 0 Å². The van der Waals surface area contributed by atoms with Crippen molar-refractivity contribution in [3.8, 4) is 0 Å². The van der Waals surface area contributed by atoms with Crippen molar-refractivity contribution in [3.63, 3.8) is 0 Å². The van der Waals surface area contributed by atoms with Gasteiger partial charge in [-0.15, -0.1) is 0 Å². The van der Waals surface area contributed by atoms with Gasteiger partial charge in [-0.3, -0.25) is 15.6 Å². The van der Waals surface area contributed by atoms with Crippen molar-refractivity contribution in [2.24, 2.45) is 0 Å². The van der Waals surface area contributed by atoms with Crippen molar-refractivity contribution >= 4 is 34.9 Å². The number of anilines is 4. The third kappa shape index (κ3) is 5.02. The van der Waals surface area contributed by atoms with Crippen LogP contribution in [-0.2, 0) is 4.74 Å². The van der Waals surface area contributed by atoms with Gasteiger partial charge in [-0.1, -0.05) is 23.8 Å². The number of nitrogens with zero attached hydrogens (tertiary/aromatic N) is 2. The number of nitrogens with one attached hydrogen (secondary N) is 3. The van der Waals surface area contributed by atoms with Crippen molar-refractivity contribution in [3.05, 3.63) is 71.5 Å². The number of ether oxygens (including phenoxy) is 1. The van der Waals surface area contributed by atoms with Crippen LogP contribution in [-0.4, -0.2) is 28.5 Å². The third-order valence-electron chi connectivity index (χ3n) is 4.13. The smallest absolute Gasteiger partial charge is 0.338 e. The average Bonchev–Trinajstić information content (AvgIpc) is 2.75. The molecule has 9 nitrogen and oxygen atoms in total. The highest BCUT2D eigenvalue weighted by Gasteiger charge is 2.12. The second-order valence-electron chi connectivity index (χ2n) is 6.36. The number of benzene rings is 2. The van der Waals surface area contributed by atoms with Gasteiger partial charge in [-0.2, -0.15) is 0 Å². The molecule has 2 aromatic carbocycles. The number of hydrogen-bond acceptors (Lipinski definition) is 8. The quantitative estimate of drug-likeness (QED) is 0.348. The Kier molecular flexibility index (Phi) is 6.43. The molecular weight excluding hydrogens is 384 g/mol. The van der Waals surface area contributed by atoms with Crippen LogP contribution in [0.1, 0.15) is 33.2 Å². The molecule has 0 fully saturated rings. The van der Waals surface area contributed by atoms with E-state index in [1.807, 2.05) is 19.1 Å². The minimum Gasteiger partial charge on any atom is -0.462 e. The Hall–Kier alpha value is -4.14. The largest absolute Gasteiger partial charge is 0.462 e. The number of carbonyl (C=O) groups excluding carboxylic acids is 2. The molecule has 1 aromatic heterocycles. The Morgan fingerprint density at radius 2 is 1.77 bits per heavy atom. The summed E-state index contributed by atoms with van der Waals surface area (Å²) in [6, 6.07) is 13.9. The van der Waals surface area contributed by atoms with E-state index in [1.54, 1.807) is 43.3 Å². The Labute approximate surface area is 173 Å². The first-order chi connectivity index (χ1) is 14.5. The molecule has 30 heavy (non-hydrogen) atoms. The van der Waals surface area contributed by atoms with Gasteiger partial charge in [0, 0.05) is 11.3 Å². The number of amides is 1. The summed E-state index contributed by atoms with van der Waals surface area (Å²) in [6.45, 7) is 3.98. The Balaban J connectivity index is 1.70. The second kappa shape index (κ2) is 9.37. The number of nitrogen functional groups attached to an aromatic ring is 1. The summed E-state index contributed by atoms with van der Waals surface area (Å²) in [7, 11) is 0. The number of hydrogen-bond donors (Lipinski definition) is 4. The zero-order valence-electron chi connectivity index (χ0n) is 16.6. The fourth-order valence-corrected chi connectivity index (χ4v) is 2.56. The van der Waals surface area contributed by atoms with Gasteiger partial charge in [-0.05, 0) is 44.2 Å². The van der Waals surface area contributed by atoms with Gasteiger partial charge < -0.3 is 15.8 Å². The SMILES string of the molecule is CCOC(=O)c1cccc(Nc2ncnc(NNC(=O)c3ccc(C)cc3)c2N)c1. The highest BCUT2D eigenvalue weighted by molar-refractivity contribution is 5.95. The summed E-state index contributed by atoms with van der Waals surface area (Å²) >= 11 is 0. The molecule has 3 aromatic rings. The number of esters is 1. The maximum Gasteiger partial charge on any atom is 0.338 e. The van der Waals surface area contributed by atoms with Gasteiger partial charge in [-0.25, -0.2) is 14.8 Å². The first kappa shape index (κ1) is 20.6. The summed E-state index contributed by atoms with van der Waals surface area (Å²) in [6.07, 6.45) is 1.30. The molecule has 0 aliphatic rings. The molecule has 1 heterocycles. The number of carbonyl (C=O) groups is 2. The molecule has 0 radical (unpaired) electrons. The molecule has 0 saturated carbocycles. The highest BCUT2D eigenvalue weighted by Crippen LogP contribution is 2.25. The lowest BCUT2D eigenvalue weighted by Crippen LogP contribution is -2.30. The Bertz CT molecular complexity index is 1050. The van der Waals surface area contributed by atoms with E-state index < -0.39 is 5.97 Å². The van der Waals surface area contributed by atoms with E-state index in [-0.39, 0.29) is 17.4 Å². The lowest BCUT2D eigenvalue weighted by Gasteiger charge is -2.13. The molecule has 0 bridgehead atoms. The van der Waals surface area contributed by atoms with Crippen LogP contribution in [0.5, 0.6) is 0 Å². The topological polar surface area (TPSA) is 131 Å². The summed E-state index contributed by atoms with van der Waals surface area (Å²) in [5.41, 5.74) is 14.1. The van der Waals surface area contributed by atoms with E-state index in [0.717, 1.165) is 5.56 Å². The van der Waals surface area contributed by atoms with Gasteiger partial charge in [0.15, 0.2) is 11.6 Å². The Morgan fingerprint density at radius 1 is 1.03 bits per heavy atom. The van der Waals surface area contributed by atoms with Crippen LogP contribution in [0.4, 0.5) is 23.0 Å². The Morgan fingerprint density at radius 3 is 2.50 bits per heavy atom. The van der Waals surface area contributed by atoms with Gasteiger partial charge in [0.05, 0.1) is 12.2 Å². The molecule has 154 valence electrons. The van der Waals surface area contributed by atoms with Gasteiger partial charge in [0.1, 0.15) is 12.0 Å². The predicted octanol–water partition coefficient (Wildman–Crippen LogP) is 3.04. The zero-order valence-corrected chi connectivity index (χ0v) is 16.6. The third-order valence-corrected chi connectivity index (χ3v) is 4.13. The van der Waals surface area contributed by atoms with Crippen molar-refractivity contribution in [1.82, 2.24) is 15.4 Å². The van der Waals surface area contributed by atoms with Gasteiger partial charge >= 0.3 is 5.97 Å². The van der Waals surface area contributed by atoms with Crippen LogP contribution in [0.2, 0.25) is 0 Å². The lowest BCUT2D eigenvalue weighted by atomic mass is 10.1. The van der Waals surface area contributed by atoms with E-state index in [0.29, 0.717) is 29.2 Å². The minimum atomic E-state index is -0.419. The van der Waals surface area contributed by atoms with Crippen LogP contribution in [0.15, 0.2) is 54.9 Å². The highest BCUT2D eigenvalue weighted by atomic mass is 16.5. The van der Waals surface area contributed by atoms with Gasteiger partial charge in [0.25, 0.3) is 5.91 Å². The molecule has 0 saturated heterocycles. The molecule has 0 spiro atoms. The number of rotatable bonds is 7. The van der Waals surface area contributed by atoms with E-state index in [9.17, 15) is 9.59 Å². The predicted molar refractivity (Wildman–Crippen MR) is 114 cm³/mol. The standard InChI is InChI=1S/C21H22N6O3/c1-3-30-21(29)15-5-4-6-16(11-15)25-18-17(22)19(24-12-23-18)26-27-20(28)14-9-7-13(2)8-10-14/h4-12H,3,22H2,1-2H3,(H,27,28)(H2,23,24,25,26). The second-order valence-corrected chi connectivity index (χ2v) is 6.36. The van der Waals surface area contributed by atoms with Crippen molar-refractivity contribution in [1.29, 1.82) is 0 Å². The maximum atomic E-state index is 12.3. The summed E-state index contributed by atoms with van der Waals surface area (Å²) in [5.74, 6) is -0.199. The van der Waals surface area contributed by atoms with E-state index in [4.69, 9.17) is 10.5 Å². The van der Waals surface area contributed by atoms with Crippen LogP contribution in [0, 0.1) is 6.92 Å². The fourth-order valence-electron chi connectivity index (χ4n) is 2.56. The van der Waals surface area contributed by atoms with Crippen molar-refractivity contribution in [2.75, 3.05) is 23.1 Å². The minimum absolute atomic E-state index is 0.197. The number of hydrazine groups is 1. The van der Waals surface area contributed by atoms with Crippen LogP contribution >= 0.6 is 0 Å². The van der Waals surface area contributed by atoms with E-state index in [2.05, 4.69) is 26.1 Å². The zero-order chi connectivity index (χ0) is 21.5. The maximum absolute atomic E-state index is 12.3. The van der Waals surface area contributed by atoms with E-state index in [1.165, 1.54) is 6.33 Å². The molecule has 0 unspecified atom stereocenters. The first-order valence-corrected chi connectivity index (χ1v) is 9.25. The molecule has 5 N–H and O–H groups in total. The summed E-state index contributed by atoms with van der Waals surface area (Å²) < 4.78 is 5.01. The monoisotopic (exact) mass is 406 g/mol. The number of aromatic nitrogens is 2. The van der Waals surface area contributed by atoms with E-state index >= 15 is 0 Å². The fraction of sp³-hybridized carbons (Fsp3) is 0.143. The normalized spacial score (nSPS) is 10.2. The molecule has 1 amide bonds. The molecule has 3 rings (SSSR count). The van der Waals surface area contributed by atoms with Crippen LogP contribution < -0.4 is 21.9 Å². The first-order valence-electron chi connectivity index (χ1n) is 9.25. The van der Waals surface area contributed by atoms with Crippen molar-refractivity contribution in [2.45, 2.75) is 13.8 Å². The molecule has 0 aliphatic carbocycles. The summed E-state index contributed by atoms with van der Waals surface area (Å²) in [5, 5.41) is 3.04. The average molecular weight is 406 g/mol. The van der Waals surface area contributed by atoms with Crippen molar-refractivity contribution < 1.29 is 14.3 Å². The van der Waals surface area contributed by atoms with Crippen LogP contribution in [0.3, 0.4) is 0 Å². The molecule has 0 atom stereocenters.